The van der Waals surface area contributed by atoms with Crippen LogP contribution >= 0.6 is 15.9 Å². The van der Waals surface area contributed by atoms with Gasteiger partial charge < -0.3 is 5.32 Å². The fourth-order valence-electron chi connectivity index (χ4n) is 5.93. The van der Waals surface area contributed by atoms with Gasteiger partial charge in [-0.1, -0.05) is 15.9 Å². The summed E-state index contributed by atoms with van der Waals surface area (Å²) in [6, 6.07) is 4.92. The Morgan fingerprint density at radius 2 is 1.84 bits per heavy atom. The first-order valence-electron chi connectivity index (χ1n) is 9.37. The standard InChI is InChI=1S/C21H25BrFNO/c1-13(21-10-14-6-15(11-21)8-16(7-14)12-21)24-20(25)5-2-17-9-18(22)3-4-19(17)23/h2-5,9,13-16H,6-8,10-12H2,1H3,(H,24,25)/b5-2+/t13-,14?,15?,16?,21?/m0/s1. The summed E-state index contributed by atoms with van der Waals surface area (Å²) in [7, 11) is 0. The molecule has 0 radical (unpaired) electrons. The van der Waals surface area contributed by atoms with Crippen molar-refractivity contribution in [3.05, 3.63) is 40.1 Å². The highest BCUT2D eigenvalue weighted by Crippen LogP contribution is 2.61. The summed E-state index contributed by atoms with van der Waals surface area (Å²) in [5, 5.41) is 3.18. The number of amides is 1. The van der Waals surface area contributed by atoms with Gasteiger partial charge in [0.2, 0.25) is 5.91 Å². The Labute approximate surface area is 157 Å². The van der Waals surface area contributed by atoms with E-state index in [0.717, 1.165) is 22.2 Å². The quantitative estimate of drug-likeness (QED) is 0.674. The van der Waals surface area contributed by atoms with Crippen molar-refractivity contribution >= 4 is 27.9 Å². The van der Waals surface area contributed by atoms with Crippen LogP contribution in [0.4, 0.5) is 4.39 Å². The molecule has 0 saturated heterocycles. The van der Waals surface area contributed by atoms with Crippen molar-refractivity contribution < 1.29 is 9.18 Å². The van der Waals surface area contributed by atoms with Crippen LogP contribution in [0.3, 0.4) is 0 Å². The minimum atomic E-state index is -0.318. The molecule has 0 aromatic heterocycles. The van der Waals surface area contributed by atoms with E-state index in [-0.39, 0.29) is 17.8 Å². The second kappa shape index (κ2) is 6.53. The Kier molecular flexibility index (Phi) is 4.51. The Hall–Kier alpha value is -1.16. The summed E-state index contributed by atoms with van der Waals surface area (Å²) in [4.78, 5) is 12.4. The van der Waals surface area contributed by atoms with Gasteiger partial charge in [0.05, 0.1) is 0 Å². The molecule has 0 heterocycles. The van der Waals surface area contributed by atoms with E-state index in [4.69, 9.17) is 0 Å². The van der Waals surface area contributed by atoms with Gasteiger partial charge in [-0.2, -0.15) is 0 Å². The first-order valence-corrected chi connectivity index (χ1v) is 10.2. The number of nitrogens with one attached hydrogen (secondary N) is 1. The third kappa shape index (κ3) is 3.42. The lowest BCUT2D eigenvalue weighted by atomic mass is 9.48. The summed E-state index contributed by atoms with van der Waals surface area (Å²) in [6.07, 6.45) is 11.0. The van der Waals surface area contributed by atoms with Gasteiger partial charge in [-0.3, -0.25) is 4.79 Å². The predicted molar refractivity (Wildman–Crippen MR) is 101 cm³/mol. The molecule has 4 fully saturated rings. The molecule has 1 amide bonds. The van der Waals surface area contributed by atoms with Gasteiger partial charge in [-0.15, -0.1) is 0 Å². The molecule has 25 heavy (non-hydrogen) atoms. The second-order valence-corrected chi connectivity index (χ2v) is 9.43. The maximum absolute atomic E-state index is 13.8. The van der Waals surface area contributed by atoms with Crippen molar-refractivity contribution in [2.24, 2.45) is 23.2 Å². The zero-order valence-corrected chi connectivity index (χ0v) is 16.2. The summed E-state index contributed by atoms with van der Waals surface area (Å²) in [5.74, 6) is 2.18. The molecule has 4 saturated carbocycles. The third-order valence-electron chi connectivity index (χ3n) is 6.74. The SMILES string of the molecule is C[C@H](NC(=O)/C=C/c1cc(Br)ccc1F)C12CC3CC(CC(C3)C1)C2. The van der Waals surface area contributed by atoms with Gasteiger partial charge >= 0.3 is 0 Å². The molecule has 0 aliphatic heterocycles. The Morgan fingerprint density at radius 3 is 2.44 bits per heavy atom. The second-order valence-electron chi connectivity index (χ2n) is 8.51. The molecule has 5 rings (SSSR count). The highest BCUT2D eigenvalue weighted by Gasteiger charge is 2.53. The molecule has 4 aliphatic carbocycles. The smallest absolute Gasteiger partial charge is 0.244 e. The van der Waals surface area contributed by atoms with E-state index in [1.807, 2.05) is 0 Å². The van der Waals surface area contributed by atoms with Gasteiger partial charge in [0.25, 0.3) is 0 Å². The molecule has 4 bridgehead atoms. The summed E-state index contributed by atoms with van der Waals surface area (Å²) >= 11 is 3.33. The van der Waals surface area contributed by atoms with Crippen LogP contribution in [0.2, 0.25) is 0 Å². The van der Waals surface area contributed by atoms with Crippen LogP contribution in [0, 0.1) is 29.0 Å². The van der Waals surface area contributed by atoms with Gasteiger partial charge in [-0.25, -0.2) is 4.39 Å². The van der Waals surface area contributed by atoms with Crippen LogP contribution in [-0.2, 0) is 4.79 Å². The number of benzene rings is 1. The largest absolute Gasteiger partial charge is 0.350 e. The van der Waals surface area contributed by atoms with Crippen molar-refractivity contribution in [2.75, 3.05) is 0 Å². The van der Waals surface area contributed by atoms with Crippen molar-refractivity contribution in [1.82, 2.24) is 5.32 Å². The molecule has 0 unspecified atom stereocenters. The van der Waals surface area contributed by atoms with Crippen molar-refractivity contribution in [3.8, 4) is 0 Å². The lowest BCUT2D eigenvalue weighted by molar-refractivity contribution is -0.121. The van der Waals surface area contributed by atoms with Crippen molar-refractivity contribution in [3.63, 3.8) is 0 Å². The summed E-state index contributed by atoms with van der Waals surface area (Å²) < 4.78 is 14.6. The molecule has 1 N–H and O–H groups in total. The number of carbonyl (C=O) groups excluding carboxylic acids is 1. The first kappa shape index (κ1) is 17.3. The number of hydrogen-bond acceptors (Lipinski definition) is 1. The maximum atomic E-state index is 13.8. The van der Waals surface area contributed by atoms with E-state index in [1.165, 1.54) is 50.7 Å². The van der Waals surface area contributed by atoms with E-state index in [2.05, 4.69) is 28.2 Å². The van der Waals surface area contributed by atoms with Crippen LogP contribution in [0.5, 0.6) is 0 Å². The van der Waals surface area contributed by atoms with Crippen LogP contribution < -0.4 is 5.32 Å². The lowest BCUT2D eigenvalue weighted by Gasteiger charge is -2.59. The zero-order chi connectivity index (χ0) is 17.6. The molecule has 4 aliphatic rings. The molecule has 4 heteroatoms. The van der Waals surface area contributed by atoms with Crippen LogP contribution in [0.25, 0.3) is 6.08 Å². The highest BCUT2D eigenvalue weighted by atomic mass is 79.9. The van der Waals surface area contributed by atoms with E-state index in [1.54, 1.807) is 18.2 Å². The molecular formula is C21H25BrFNO. The van der Waals surface area contributed by atoms with Crippen LogP contribution in [0.15, 0.2) is 28.7 Å². The summed E-state index contributed by atoms with van der Waals surface area (Å²) in [5.41, 5.74) is 0.714. The fraction of sp³-hybridized carbons (Fsp3) is 0.571. The minimum Gasteiger partial charge on any atom is -0.350 e. The molecule has 1 atom stereocenters. The molecule has 1 aromatic rings. The number of halogens is 2. The Morgan fingerprint density at radius 1 is 1.24 bits per heavy atom. The van der Waals surface area contributed by atoms with Crippen molar-refractivity contribution in [1.29, 1.82) is 0 Å². The van der Waals surface area contributed by atoms with E-state index >= 15 is 0 Å². The number of hydrogen-bond donors (Lipinski definition) is 1. The number of rotatable bonds is 4. The first-order chi connectivity index (χ1) is 11.9. The topological polar surface area (TPSA) is 29.1 Å². The Balaban J connectivity index is 1.42. The van der Waals surface area contributed by atoms with E-state index < -0.39 is 0 Å². The average Bonchev–Trinajstić information content (AvgIpc) is 2.54. The maximum Gasteiger partial charge on any atom is 0.244 e. The average molecular weight is 406 g/mol. The van der Waals surface area contributed by atoms with Crippen LogP contribution in [0.1, 0.15) is 51.0 Å². The molecular weight excluding hydrogens is 381 g/mol. The normalized spacial score (nSPS) is 34.4. The van der Waals surface area contributed by atoms with Gasteiger partial charge in [-0.05, 0) is 92.9 Å². The molecule has 2 nitrogen and oxygen atoms in total. The van der Waals surface area contributed by atoms with Gasteiger partial charge in [0, 0.05) is 22.2 Å². The van der Waals surface area contributed by atoms with Crippen LogP contribution in [-0.4, -0.2) is 11.9 Å². The molecule has 1 aromatic carbocycles. The zero-order valence-electron chi connectivity index (χ0n) is 14.6. The minimum absolute atomic E-state index is 0.123. The fourth-order valence-corrected chi connectivity index (χ4v) is 6.31. The highest BCUT2D eigenvalue weighted by molar-refractivity contribution is 9.10. The van der Waals surface area contributed by atoms with Crippen molar-refractivity contribution in [2.45, 2.75) is 51.5 Å². The summed E-state index contributed by atoms with van der Waals surface area (Å²) in [6.45, 7) is 2.17. The van der Waals surface area contributed by atoms with Gasteiger partial charge in [0.15, 0.2) is 0 Å². The third-order valence-corrected chi connectivity index (χ3v) is 7.23. The predicted octanol–water partition coefficient (Wildman–Crippen LogP) is 5.32. The van der Waals surface area contributed by atoms with Gasteiger partial charge in [0.1, 0.15) is 5.82 Å². The number of carbonyl (C=O) groups is 1. The van der Waals surface area contributed by atoms with E-state index in [0.29, 0.717) is 11.0 Å². The monoisotopic (exact) mass is 405 g/mol. The molecule has 0 spiro atoms. The lowest BCUT2D eigenvalue weighted by Crippen LogP contribution is -2.55. The molecule has 134 valence electrons. The Bertz CT molecular complexity index is 679. The van der Waals surface area contributed by atoms with E-state index in [9.17, 15) is 9.18 Å².